The van der Waals surface area contributed by atoms with Crippen molar-refractivity contribution in [1.29, 1.82) is 0 Å². The fourth-order valence-corrected chi connectivity index (χ4v) is 3.13. The number of nitrogens with zero attached hydrogens (tertiary/aromatic N) is 3. The number of amides is 1. The third kappa shape index (κ3) is 5.53. The van der Waals surface area contributed by atoms with Crippen molar-refractivity contribution in [3.05, 3.63) is 59.1 Å². The number of piperazine rings is 1. The summed E-state index contributed by atoms with van der Waals surface area (Å²) in [6, 6.07) is 15.3. The lowest BCUT2D eigenvalue weighted by atomic mass is 10.2. The molecule has 28 heavy (non-hydrogen) atoms. The largest absolute Gasteiger partial charge is 0.484 e. The number of guanidine groups is 1. The minimum atomic E-state index is -0.509. The third-order valence-electron chi connectivity index (χ3n) is 4.50. The van der Waals surface area contributed by atoms with Gasteiger partial charge in [-0.05, 0) is 42.0 Å². The van der Waals surface area contributed by atoms with Crippen molar-refractivity contribution in [3.63, 3.8) is 0 Å². The molecular weight excluding hydrogens is 378 g/mol. The van der Waals surface area contributed by atoms with Gasteiger partial charge in [0.25, 0.3) is 5.91 Å². The number of rotatable bonds is 6. The molecule has 148 valence electrons. The maximum absolute atomic E-state index is 10.8. The molecule has 4 N–H and O–H groups in total. The second-order valence-electron chi connectivity index (χ2n) is 6.53. The van der Waals surface area contributed by atoms with E-state index in [0.717, 1.165) is 42.5 Å². The van der Waals surface area contributed by atoms with Crippen LogP contribution in [0.5, 0.6) is 5.75 Å². The lowest BCUT2D eigenvalue weighted by Gasteiger charge is -2.36. The first-order valence-electron chi connectivity index (χ1n) is 9.07. The molecule has 2 aromatic rings. The highest BCUT2D eigenvalue weighted by Crippen LogP contribution is 2.19. The Balaban J connectivity index is 1.52. The molecule has 1 aliphatic heterocycles. The monoisotopic (exact) mass is 401 g/mol. The first kappa shape index (κ1) is 19.8. The molecule has 1 amide bonds. The summed E-state index contributed by atoms with van der Waals surface area (Å²) < 4.78 is 5.31. The van der Waals surface area contributed by atoms with Gasteiger partial charge in [0, 0.05) is 36.9 Å². The quantitative estimate of drug-likeness (QED) is 0.568. The van der Waals surface area contributed by atoms with Gasteiger partial charge in [0.2, 0.25) is 0 Å². The number of benzene rings is 2. The summed E-state index contributed by atoms with van der Waals surface area (Å²) >= 11 is 5.95. The van der Waals surface area contributed by atoms with Crippen molar-refractivity contribution in [1.82, 2.24) is 4.90 Å². The van der Waals surface area contributed by atoms with Crippen LogP contribution in [-0.2, 0) is 11.3 Å². The van der Waals surface area contributed by atoms with Gasteiger partial charge in [-0.3, -0.25) is 4.79 Å². The Kier molecular flexibility index (Phi) is 6.60. The average molecular weight is 402 g/mol. The number of ether oxygens (including phenoxy) is 1. The van der Waals surface area contributed by atoms with E-state index in [1.54, 1.807) is 6.07 Å². The van der Waals surface area contributed by atoms with Crippen LogP contribution >= 0.6 is 11.6 Å². The van der Waals surface area contributed by atoms with Gasteiger partial charge >= 0.3 is 0 Å². The van der Waals surface area contributed by atoms with E-state index in [1.165, 1.54) is 0 Å². The molecule has 0 spiro atoms. The highest BCUT2D eigenvalue weighted by molar-refractivity contribution is 6.30. The van der Waals surface area contributed by atoms with Crippen LogP contribution in [0.25, 0.3) is 0 Å². The van der Waals surface area contributed by atoms with Crippen LogP contribution in [0.4, 0.5) is 5.69 Å². The van der Waals surface area contributed by atoms with Gasteiger partial charge in [0.15, 0.2) is 12.6 Å². The molecule has 8 heteroatoms. The lowest BCUT2D eigenvalue weighted by molar-refractivity contribution is -0.119. The van der Waals surface area contributed by atoms with Gasteiger partial charge < -0.3 is 26.0 Å². The Hall–Kier alpha value is -2.93. The summed E-state index contributed by atoms with van der Waals surface area (Å²) in [6.07, 6.45) is 0. The van der Waals surface area contributed by atoms with E-state index in [0.29, 0.717) is 18.3 Å². The van der Waals surface area contributed by atoms with Crippen molar-refractivity contribution in [2.24, 2.45) is 16.5 Å². The molecule has 1 fully saturated rings. The third-order valence-corrected chi connectivity index (χ3v) is 4.75. The van der Waals surface area contributed by atoms with Gasteiger partial charge in [-0.2, -0.15) is 0 Å². The van der Waals surface area contributed by atoms with Crippen LogP contribution in [0.15, 0.2) is 53.5 Å². The number of carbonyl (C=O) groups is 1. The number of primary amides is 1. The minimum Gasteiger partial charge on any atom is -0.484 e. The fourth-order valence-electron chi connectivity index (χ4n) is 3.01. The van der Waals surface area contributed by atoms with E-state index < -0.39 is 5.91 Å². The summed E-state index contributed by atoms with van der Waals surface area (Å²) in [7, 11) is 0. The minimum absolute atomic E-state index is 0.146. The molecule has 0 aromatic heterocycles. The number of anilines is 1. The number of aliphatic imine (C=N–C) groups is 1. The van der Waals surface area contributed by atoms with E-state index in [9.17, 15) is 4.79 Å². The number of nitrogens with two attached hydrogens (primary N) is 2. The van der Waals surface area contributed by atoms with Crippen LogP contribution in [0.3, 0.4) is 0 Å². The predicted molar refractivity (Wildman–Crippen MR) is 112 cm³/mol. The van der Waals surface area contributed by atoms with Crippen LogP contribution in [-0.4, -0.2) is 49.6 Å². The fraction of sp³-hybridized carbons (Fsp3) is 0.300. The summed E-state index contributed by atoms with van der Waals surface area (Å²) in [6.45, 7) is 3.64. The number of hydrogen-bond acceptors (Lipinski definition) is 4. The molecule has 0 atom stereocenters. The Labute approximate surface area is 169 Å². The standard InChI is InChI=1S/C20H24ClN5O2/c21-16-4-6-17(7-5-16)25-8-10-26(11-9-25)20(23)24-13-15-2-1-3-18(12-15)28-14-19(22)27/h1-7,12H,8-11,13-14H2,(H2,22,27)(H2,23,24). The number of halogens is 1. The van der Waals surface area contributed by atoms with Gasteiger partial charge in [0.1, 0.15) is 5.75 Å². The zero-order chi connectivity index (χ0) is 19.9. The Bertz CT molecular complexity index is 833. The maximum Gasteiger partial charge on any atom is 0.255 e. The van der Waals surface area contributed by atoms with Gasteiger partial charge in [-0.25, -0.2) is 4.99 Å². The van der Waals surface area contributed by atoms with E-state index >= 15 is 0 Å². The molecule has 0 saturated carbocycles. The molecule has 3 rings (SSSR count). The second kappa shape index (κ2) is 9.32. The van der Waals surface area contributed by atoms with Crippen LogP contribution in [0.1, 0.15) is 5.56 Å². The first-order valence-corrected chi connectivity index (χ1v) is 9.44. The molecular formula is C20H24ClN5O2. The summed E-state index contributed by atoms with van der Waals surface area (Å²) in [5, 5.41) is 0.739. The van der Waals surface area contributed by atoms with Crippen molar-refractivity contribution < 1.29 is 9.53 Å². The van der Waals surface area contributed by atoms with E-state index in [-0.39, 0.29) is 6.61 Å². The molecule has 0 radical (unpaired) electrons. The van der Waals surface area contributed by atoms with E-state index in [2.05, 4.69) is 14.8 Å². The molecule has 1 aliphatic rings. The smallest absolute Gasteiger partial charge is 0.255 e. The Morgan fingerprint density at radius 2 is 1.79 bits per heavy atom. The second-order valence-corrected chi connectivity index (χ2v) is 6.96. The van der Waals surface area contributed by atoms with Crippen molar-refractivity contribution in [3.8, 4) is 5.75 Å². The summed E-state index contributed by atoms with van der Waals surface area (Å²) in [5.74, 6) is 0.603. The van der Waals surface area contributed by atoms with Crippen molar-refractivity contribution in [2.75, 3.05) is 37.7 Å². The topological polar surface area (TPSA) is 97.2 Å². The first-order chi connectivity index (χ1) is 13.5. The molecule has 0 bridgehead atoms. The van der Waals surface area contributed by atoms with E-state index in [4.69, 9.17) is 27.8 Å². The SMILES string of the molecule is NC(=O)COc1cccc(CN=C(N)N2CCN(c3ccc(Cl)cc3)CC2)c1. The zero-order valence-corrected chi connectivity index (χ0v) is 16.3. The number of hydrogen-bond donors (Lipinski definition) is 2. The lowest BCUT2D eigenvalue weighted by Crippen LogP contribution is -2.51. The van der Waals surface area contributed by atoms with Crippen molar-refractivity contribution >= 4 is 29.2 Å². The predicted octanol–water partition coefficient (Wildman–Crippen LogP) is 1.84. The summed E-state index contributed by atoms with van der Waals surface area (Å²) in [5.41, 5.74) is 13.4. The molecule has 0 unspecified atom stereocenters. The average Bonchev–Trinajstić information content (AvgIpc) is 2.71. The van der Waals surface area contributed by atoms with Crippen molar-refractivity contribution in [2.45, 2.75) is 6.54 Å². The van der Waals surface area contributed by atoms with Gasteiger partial charge in [0.05, 0.1) is 6.54 Å². The number of carbonyl (C=O) groups excluding carboxylic acids is 1. The normalized spacial score (nSPS) is 14.8. The molecule has 7 nitrogen and oxygen atoms in total. The molecule has 0 aliphatic carbocycles. The van der Waals surface area contributed by atoms with Gasteiger partial charge in [-0.1, -0.05) is 23.7 Å². The molecule has 1 heterocycles. The van der Waals surface area contributed by atoms with Crippen LogP contribution in [0, 0.1) is 0 Å². The van der Waals surface area contributed by atoms with Crippen LogP contribution < -0.4 is 21.1 Å². The van der Waals surface area contributed by atoms with Crippen LogP contribution in [0.2, 0.25) is 5.02 Å². The Morgan fingerprint density at radius 3 is 2.46 bits per heavy atom. The zero-order valence-electron chi connectivity index (χ0n) is 15.6. The highest BCUT2D eigenvalue weighted by atomic mass is 35.5. The maximum atomic E-state index is 10.8. The summed E-state index contributed by atoms with van der Waals surface area (Å²) in [4.78, 5) is 19.7. The molecule has 2 aromatic carbocycles. The molecule has 1 saturated heterocycles. The Morgan fingerprint density at radius 1 is 1.07 bits per heavy atom. The highest BCUT2D eigenvalue weighted by Gasteiger charge is 2.18. The van der Waals surface area contributed by atoms with E-state index in [1.807, 2.05) is 42.5 Å². The van der Waals surface area contributed by atoms with Gasteiger partial charge in [-0.15, -0.1) is 0 Å².